The van der Waals surface area contributed by atoms with Crippen molar-refractivity contribution in [3.8, 4) is 0 Å². The lowest BCUT2D eigenvalue weighted by Gasteiger charge is -2.26. The molecule has 1 saturated heterocycles. The Morgan fingerprint density at radius 2 is 1.93 bits per heavy atom. The third-order valence-corrected chi connectivity index (χ3v) is 7.57. The zero-order chi connectivity index (χ0) is 20.6. The molecule has 4 rings (SSSR count). The van der Waals surface area contributed by atoms with Crippen LogP contribution >= 0.6 is 0 Å². The normalized spacial score (nSPS) is 19.7. The molecule has 0 bridgehead atoms. The summed E-state index contributed by atoms with van der Waals surface area (Å²) in [5, 5.41) is 2.96. The first kappa shape index (κ1) is 20.0. The van der Waals surface area contributed by atoms with Gasteiger partial charge in [-0.15, -0.1) is 0 Å². The van der Waals surface area contributed by atoms with Gasteiger partial charge < -0.3 is 10.1 Å². The van der Waals surface area contributed by atoms with E-state index < -0.39 is 10.0 Å². The van der Waals surface area contributed by atoms with E-state index in [-0.39, 0.29) is 28.2 Å². The minimum absolute atomic E-state index is 0.140. The molecule has 29 heavy (non-hydrogen) atoms. The summed E-state index contributed by atoms with van der Waals surface area (Å²) in [5.41, 5.74) is 2.69. The second-order valence-corrected chi connectivity index (χ2v) is 9.31. The van der Waals surface area contributed by atoms with E-state index in [4.69, 9.17) is 4.74 Å². The van der Waals surface area contributed by atoms with Gasteiger partial charge in [0.2, 0.25) is 10.0 Å². The van der Waals surface area contributed by atoms with E-state index in [0.717, 1.165) is 11.1 Å². The smallest absolute Gasteiger partial charge is 0.251 e. The van der Waals surface area contributed by atoms with Crippen LogP contribution < -0.4 is 5.32 Å². The lowest BCUT2D eigenvalue weighted by Crippen LogP contribution is -2.41. The van der Waals surface area contributed by atoms with Crippen molar-refractivity contribution in [2.45, 2.75) is 30.7 Å². The maximum atomic E-state index is 13.4. The fourth-order valence-corrected chi connectivity index (χ4v) is 5.58. The van der Waals surface area contributed by atoms with Gasteiger partial charge in [-0.3, -0.25) is 4.79 Å². The van der Waals surface area contributed by atoms with Crippen molar-refractivity contribution in [2.75, 3.05) is 26.3 Å². The minimum Gasteiger partial charge on any atom is -0.379 e. The molecule has 1 heterocycles. The van der Waals surface area contributed by atoms with Crippen molar-refractivity contribution >= 4 is 15.9 Å². The molecule has 2 aliphatic rings. The number of amides is 1. The van der Waals surface area contributed by atoms with Crippen LogP contribution in [0.25, 0.3) is 0 Å². The van der Waals surface area contributed by atoms with Crippen LogP contribution in [0.1, 0.15) is 39.5 Å². The van der Waals surface area contributed by atoms with E-state index in [1.165, 1.54) is 22.5 Å². The number of benzene rings is 2. The molecule has 0 saturated carbocycles. The highest BCUT2D eigenvalue weighted by atomic mass is 32.2. The largest absolute Gasteiger partial charge is 0.379 e. The summed E-state index contributed by atoms with van der Waals surface area (Å²) in [6, 6.07) is 9.10. The van der Waals surface area contributed by atoms with Crippen LogP contribution in [0.15, 0.2) is 41.3 Å². The van der Waals surface area contributed by atoms with Gasteiger partial charge in [-0.1, -0.05) is 12.1 Å². The van der Waals surface area contributed by atoms with Gasteiger partial charge in [0.25, 0.3) is 5.91 Å². The number of carbonyl (C=O) groups excluding carboxylic acids is 1. The average molecular weight is 418 g/mol. The van der Waals surface area contributed by atoms with E-state index in [1.54, 1.807) is 25.1 Å². The number of halogens is 1. The number of hydrogen-bond donors (Lipinski definition) is 1. The molecule has 2 aromatic rings. The van der Waals surface area contributed by atoms with Gasteiger partial charge in [-0.05, 0) is 60.7 Å². The Morgan fingerprint density at radius 1 is 1.17 bits per heavy atom. The van der Waals surface area contributed by atoms with Crippen LogP contribution in [0.3, 0.4) is 0 Å². The van der Waals surface area contributed by atoms with Crippen molar-refractivity contribution in [3.05, 3.63) is 64.5 Å². The molecule has 1 unspecified atom stereocenters. The van der Waals surface area contributed by atoms with Gasteiger partial charge in [0, 0.05) is 18.7 Å². The van der Waals surface area contributed by atoms with Gasteiger partial charge in [-0.25, -0.2) is 12.8 Å². The number of carbonyl (C=O) groups is 1. The highest BCUT2D eigenvalue weighted by molar-refractivity contribution is 7.89. The Kier molecular flexibility index (Phi) is 5.42. The number of fused-ring (bicyclic) bond motifs is 1. The average Bonchev–Trinajstić information content (AvgIpc) is 3.10. The number of morpholine rings is 1. The van der Waals surface area contributed by atoms with E-state index >= 15 is 0 Å². The molecular formula is C21H23FN2O4S. The molecule has 1 N–H and O–H groups in total. The van der Waals surface area contributed by atoms with Crippen LogP contribution in [-0.2, 0) is 21.2 Å². The number of aryl methyl sites for hydroxylation is 2. The van der Waals surface area contributed by atoms with E-state index in [0.29, 0.717) is 44.7 Å². The highest BCUT2D eigenvalue weighted by Crippen LogP contribution is 2.32. The summed E-state index contributed by atoms with van der Waals surface area (Å²) in [4.78, 5) is 13.0. The topological polar surface area (TPSA) is 75.7 Å². The molecule has 1 aliphatic carbocycles. The molecule has 8 heteroatoms. The number of sulfonamides is 1. The molecule has 1 amide bonds. The van der Waals surface area contributed by atoms with Crippen LogP contribution in [0.2, 0.25) is 0 Å². The van der Waals surface area contributed by atoms with Gasteiger partial charge in [0.1, 0.15) is 5.82 Å². The monoisotopic (exact) mass is 418 g/mol. The Morgan fingerprint density at radius 3 is 2.69 bits per heavy atom. The third-order valence-electron chi connectivity index (χ3n) is 5.53. The fraction of sp³-hybridized carbons (Fsp3) is 0.381. The molecular weight excluding hydrogens is 395 g/mol. The first-order valence-corrected chi connectivity index (χ1v) is 11.1. The van der Waals surface area contributed by atoms with E-state index in [9.17, 15) is 17.6 Å². The second kappa shape index (κ2) is 7.85. The zero-order valence-electron chi connectivity index (χ0n) is 16.2. The van der Waals surface area contributed by atoms with Crippen molar-refractivity contribution < 1.29 is 22.3 Å². The van der Waals surface area contributed by atoms with Crippen molar-refractivity contribution in [3.63, 3.8) is 0 Å². The lowest BCUT2D eigenvalue weighted by molar-refractivity contribution is 0.0730. The first-order chi connectivity index (χ1) is 13.9. The second-order valence-electron chi connectivity index (χ2n) is 7.40. The summed E-state index contributed by atoms with van der Waals surface area (Å²) < 4.78 is 46.1. The van der Waals surface area contributed by atoms with Crippen molar-refractivity contribution in [1.29, 1.82) is 0 Å². The van der Waals surface area contributed by atoms with Crippen LogP contribution in [0, 0.1) is 12.7 Å². The molecule has 6 nitrogen and oxygen atoms in total. The number of nitrogens with zero attached hydrogens (tertiary/aromatic N) is 1. The standard InChI is InChI=1S/C21H23FN2O4S/c1-14-2-3-16(13-20(14)29(26,27)24-8-10-28-11-9-24)21(25)23-19-7-4-15-12-17(22)5-6-18(15)19/h2-3,5-6,12-13,19H,4,7-11H2,1H3,(H,23,25). The molecule has 154 valence electrons. The van der Waals surface area contributed by atoms with E-state index in [1.807, 2.05) is 0 Å². The maximum absolute atomic E-state index is 13.4. The van der Waals surface area contributed by atoms with E-state index in [2.05, 4.69) is 5.32 Å². The minimum atomic E-state index is -3.70. The Balaban J connectivity index is 1.57. The van der Waals surface area contributed by atoms with Crippen molar-refractivity contribution in [1.82, 2.24) is 9.62 Å². The summed E-state index contributed by atoms with van der Waals surface area (Å²) in [5.74, 6) is -0.627. The van der Waals surface area contributed by atoms with Crippen LogP contribution in [0.5, 0.6) is 0 Å². The first-order valence-electron chi connectivity index (χ1n) is 9.64. The predicted molar refractivity (Wildman–Crippen MR) is 106 cm³/mol. The van der Waals surface area contributed by atoms with Gasteiger partial charge >= 0.3 is 0 Å². The Labute approximate surface area is 169 Å². The highest BCUT2D eigenvalue weighted by Gasteiger charge is 2.29. The molecule has 0 spiro atoms. The number of hydrogen-bond acceptors (Lipinski definition) is 4. The maximum Gasteiger partial charge on any atom is 0.251 e. The number of nitrogens with one attached hydrogen (secondary N) is 1. The lowest BCUT2D eigenvalue weighted by atomic mass is 10.1. The Bertz CT molecular complexity index is 1050. The summed E-state index contributed by atoms with van der Waals surface area (Å²) in [6.07, 6.45) is 1.39. The van der Waals surface area contributed by atoms with Crippen LogP contribution in [0.4, 0.5) is 4.39 Å². The van der Waals surface area contributed by atoms with Gasteiger partial charge in [-0.2, -0.15) is 4.31 Å². The molecule has 1 atom stereocenters. The molecule has 1 aliphatic heterocycles. The molecule has 2 aromatic carbocycles. The SMILES string of the molecule is Cc1ccc(C(=O)NC2CCc3cc(F)ccc32)cc1S(=O)(=O)N1CCOCC1. The summed E-state index contributed by atoms with van der Waals surface area (Å²) >= 11 is 0. The third kappa shape index (κ3) is 3.92. The van der Waals surface area contributed by atoms with Gasteiger partial charge in [0.05, 0.1) is 24.2 Å². The van der Waals surface area contributed by atoms with Crippen molar-refractivity contribution in [2.24, 2.45) is 0 Å². The summed E-state index contributed by atoms with van der Waals surface area (Å²) in [7, 11) is -3.70. The Hall–Kier alpha value is -2.29. The zero-order valence-corrected chi connectivity index (χ0v) is 17.0. The molecule has 1 fully saturated rings. The number of ether oxygens (including phenoxy) is 1. The quantitative estimate of drug-likeness (QED) is 0.828. The fourth-order valence-electron chi connectivity index (χ4n) is 3.92. The number of rotatable bonds is 4. The molecule has 0 radical (unpaired) electrons. The molecule has 0 aromatic heterocycles. The van der Waals surface area contributed by atoms with Crippen LogP contribution in [-0.4, -0.2) is 44.9 Å². The summed E-state index contributed by atoms with van der Waals surface area (Å²) in [6.45, 7) is 3.04. The predicted octanol–water partition coefficient (Wildman–Crippen LogP) is 2.57. The van der Waals surface area contributed by atoms with Gasteiger partial charge in [0.15, 0.2) is 0 Å².